The third-order valence-corrected chi connectivity index (χ3v) is 5.42. The first kappa shape index (κ1) is 15.4. The second kappa shape index (κ2) is 5.76. The van der Waals surface area contributed by atoms with E-state index in [0.29, 0.717) is 10.6 Å². The van der Waals surface area contributed by atoms with Gasteiger partial charge < -0.3 is 5.73 Å². The molecule has 0 aliphatic rings. The van der Waals surface area contributed by atoms with Gasteiger partial charge in [-0.1, -0.05) is 39.7 Å². The summed E-state index contributed by atoms with van der Waals surface area (Å²) in [6, 6.07) is 10.1. The van der Waals surface area contributed by atoms with Crippen LogP contribution in [0.15, 0.2) is 45.8 Å². The minimum absolute atomic E-state index is 0.150. The molecule has 0 fully saturated rings. The number of hydrogen-bond acceptors (Lipinski definition) is 3. The molecular formula is C14H13BrClNO2S. The maximum Gasteiger partial charge on any atom is 0.184 e. The highest BCUT2D eigenvalue weighted by Gasteiger charge is 2.20. The fourth-order valence-electron chi connectivity index (χ4n) is 1.83. The summed E-state index contributed by atoms with van der Waals surface area (Å²) in [7, 11) is -3.53. The van der Waals surface area contributed by atoms with Crippen LogP contribution < -0.4 is 5.73 Å². The van der Waals surface area contributed by atoms with Gasteiger partial charge in [0, 0.05) is 9.50 Å². The van der Waals surface area contributed by atoms with Crippen molar-refractivity contribution in [3.63, 3.8) is 0 Å². The van der Waals surface area contributed by atoms with Crippen molar-refractivity contribution in [2.45, 2.75) is 17.6 Å². The summed E-state index contributed by atoms with van der Waals surface area (Å²) in [5.41, 5.74) is 7.42. The number of sulfone groups is 1. The zero-order valence-corrected chi connectivity index (χ0v) is 13.9. The fraction of sp³-hybridized carbons (Fsp3) is 0.143. The second-order valence-corrected chi connectivity index (χ2v) is 7.82. The Labute approximate surface area is 131 Å². The van der Waals surface area contributed by atoms with Crippen LogP contribution >= 0.6 is 27.5 Å². The molecule has 6 heteroatoms. The minimum Gasteiger partial charge on any atom is -0.398 e. The number of benzene rings is 2. The second-order valence-electron chi connectivity index (χ2n) is 4.54. The molecule has 20 heavy (non-hydrogen) atoms. The van der Waals surface area contributed by atoms with Gasteiger partial charge in [-0.3, -0.25) is 0 Å². The van der Waals surface area contributed by atoms with Gasteiger partial charge >= 0.3 is 0 Å². The number of rotatable bonds is 3. The topological polar surface area (TPSA) is 60.2 Å². The molecule has 0 aliphatic carbocycles. The Morgan fingerprint density at radius 1 is 1.20 bits per heavy atom. The van der Waals surface area contributed by atoms with Gasteiger partial charge in [0.1, 0.15) is 0 Å². The number of aryl methyl sites for hydroxylation is 1. The molecule has 0 atom stereocenters. The zero-order chi connectivity index (χ0) is 14.9. The Balaban J connectivity index is 2.43. The van der Waals surface area contributed by atoms with E-state index in [2.05, 4.69) is 15.9 Å². The average molecular weight is 375 g/mol. The predicted octanol–water partition coefficient (Wildman–Crippen LogP) is 3.97. The lowest BCUT2D eigenvalue weighted by Crippen LogP contribution is -2.08. The van der Waals surface area contributed by atoms with E-state index < -0.39 is 9.84 Å². The van der Waals surface area contributed by atoms with Gasteiger partial charge in [-0.05, 0) is 42.3 Å². The van der Waals surface area contributed by atoms with Gasteiger partial charge in [-0.2, -0.15) is 0 Å². The first-order valence-electron chi connectivity index (χ1n) is 5.82. The lowest BCUT2D eigenvalue weighted by atomic mass is 10.2. The Morgan fingerprint density at radius 2 is 1.90 bits per heavy atom. The number of nitrogen functional groups attached to an aromatic ring is 1. The van der Waals surface area contributed by atoms with Crippen LogP contribution in [0.2, 0.25) is 5.02 Å². The van der Waals surface area contributed by atoms with Gasteiger partial charge in [-0.15, -0.1) is 0 Å². The molecule has 0 spiro atoms. The van der Waals surface area contributed by atoms with Crippen molar-refractivity contribution in [1.29, 1.82) is 0 Å². The maximum atomic E-state index is 12.5. The number of hydrogen-bond donors (Lipinski definition) is 1. The summed E-state index contributed by atoms with van der Waals surface area (Å²) in [5.74, 6) is -0.174. The Morgan fingerprint density at radius 3 is 2.55 bits per heavy atom. The first-order valence-corrected chi connectivity index (χ1v) is 8.65. The summed E-state index contributed by atoms with van der Waals surface area (Å²) in [6.07, 6.45) is 0. The number of halogens is 2. The van der Waals surface area contributed by atoms with E-state index in [4.69, 9.17) is 17.3 Å². The van der Waals surface area contributed by atoms with Crippen LogP contribution in [-0.2, 0) is 15.6 Å². The molecule has 0 amide bonds. The molecule has 0 heterocycles. The predicted molar refractivity (Wildman–Crippen MR) is 85.6 cm³/mol. The van der Waals surface area contributed by atoms with Crippen LogP contribution in [0.4, 0.5) is 5.69 Å². The van der Waals surface area contributed by atoms with E-state index >= 15 is 0 Å². The largest absolute Gasteiger partial charge is 0.398 e. The SMILES string of the molecule is Cc1ccc(N)c(S(=O)(=O)Cc2ccc(Br)cc2Cl)c1. The first-order chi connectivity index (χ1) is 9.29. The molecule has 0 saturated heterocycles. The molecule has 2 aromatic carbocycles. The van der Waals surface area contributed by atoms with Crippen molar-refractivity contribution in [1.82, 2.24) is 0 Å². The Hall–Kier alpha value is -1.04. The van der Waals surface area contributed by atoms with Crippen molar-refractivity contribution in [3.05, 3.63) is 57.0 Å². The Bertz CT molecular complexity index is 760. The van der Waals surface area contributed by atoms with Gasteiger partial charge in [-0.25, -0.2) is 8.42 Å². The summed E-state index contributed by atoms with van der Waals surface area (Å²) < 4.78 is 25.7. The lowest BCUT2D eigenvalue weighted by Gasteiger charge is -2.10. The lowest BCUT2D eigenvalue weighted by molar-refractivity contribution is 0.595. The molecule has 2 aromatic rings. The van der Waals surface area contributed by atoms with Crippen molar-refractivity contribution in [2.75, 3.05) is 5.73 Å². The highest BCUT2D eigenvalue weighted by Crippen LogP contribution is 2.28. The third-order valence-electron chi connectivity index (χ3n) is 2.86. The highest BCUT2D eigenvalue weighted by atomic mass is 79.9. The van der Waals surface area contributed by atoms with Crippen LogP contribution in [0.1, 0.15) is 11.1 Å². The standard InChI is InChI=1S/C14H13BrClNO2S/c1-9-2-5-13(17)14(6-9)20(18,19)8-10-3-4-11(15)7-12(10)16/h2-7H,8,17H2,1H3. The molecular weight excluding hydrogens is 362 g/mol. The van der Waals surface area contributed by atoms with Crippen LogP contribution in [0.3, 0.4) is 0 Å². The Kier molecular flexibility index (Phi) is 4.42. The van der Waals surface area contributed by atoms with Gasteiger partial charge in [0.15, 0.2) is 9.84 Å². The van der Waals surface area contributed by atoms with E-state index in [0.717, 1.165) is 10.0 Å². The summed E-state index contributed by atoms with van der Waals surface area (Å²) in [5, 5.41) is 0.411. The van der Waals surface area contributed by atoms with Crippen LogP contribution in [-0.4, -0.2) is 8.42 Å². The van der Waals surface area contributed by atoms with E-state index in [1.807, 2.05) is 6.92 Å². The smallest absolute Gasteiger partial charge is 0.184 e. The van der Waals surface area contributed by atoms with Crippen LogP contribution in [0, 0.1) is 6.92 Å². The fourth-order valence-corrected chi connectivity index (χ4v) is 4.26. The molecule has 3 nitrogen and oxygen atoms in total. The highest BCUT2D eigenvalue weighted by molar-refractivity contribution is 9.10. The molecule has 0 aromatic heterocycles. The summed E-state index contributed by atoms with van der Waals surface area (Å²) >= 11 is 9.36. The summed E-state index contributed by atoms with van der Waals surface area (Å²) in [6.45, 7) is 1.82. The van der Waals surface area contributed by atoms with E-state index in [1.165, 1.54) is 0 Å². The van der Waals surface area contributed by atoms with E-state index in [1.54, 1.807) is 36.4 Å². The van der Waals surface area contributed by atoms with Crippen LogP contribution in [0.5, 0.6) is 0 Å². The third kappa shape index (κ3) is 3.34. The maximum absolute atomic E-state index is 12.5. The molecule has 0 saturated carbocycles. The zero-order valence-electron chi connectivity index (χ0n) is 10.7. The molecule has 106 valence electrons. The van der Waals surface area contributed by atoms with E-state index in [9.17, 15) is 8.42 Å². The van der Waals surface area contributed by atoms with Crippen molar-refractivity contribution in [3.8, 4) is 0 Å². The van der Waals surface area contributed by atoms with Crippen molar-refractivity contribution in [2.24, 2.45) is 0 Å². The number of anilines is 1. The monoisotopic (exact) mass is 373 g/mol. The van der Waals surface area contributed by atoms with Gasteiger partial charge in [0.05, 0.1) is 16.3 Å². The normalized spacial score (nSPS) is 11.6. The minimum atomic E-state index is -3.53. The molecule has 0 bridgehead atoms. The quantitative estimate of drug-likeness (QED) is 0.827. The van der Waals surface area contributed by atoms with Crippen molar-refractivity contribution < 1.29 is 8.42 Å². The van der Waals surface area contributed by atoms with Gasteiger partial charge in [0.25, 0.3) is 0 Å². The summed E-state index contributed by atoms with van der Waals surface area (Å²) in [4.78, 5) is 0.150. The molecule has 0 aliphatic heterocycles. The molecule has 2 N–H and O–H groups in total. The molecule has 0 unspecified atom stereocenters. The number of nitrogens with two attached hydrogens (primary N) is 1. The van der Waals surface area contributed by atoms with Crippen LogP contribution in [0.25, 0.3) is 0 Å². The van der Waals surface area contributed by atoms with Gasteiger partial charge in [0.2, 0.25) is 0 Å². The average Bonchev–Trinajstić information content (AvgIpc) is 2.35. The molecule has 2 rings (SSSR count). The van der Waals surface area contributed by atoms with Crippen molar-refractivity contribution >= 4 is 43.1 Å². The molecule has 0 radical (unpaired) electrons. The van der Waals surface area contributed by atoms with E-state index in [-0.39, 0.29) is 16.3 Å².